The summed E-state index contributed by atoms with van der Waals surface area (Å²) in [6, 6.07) is 2.05. The van der Waals surface area contributed by atoms with E-state index in [1.807, 2.05) is 12.4 Å². The number of hydrogen-bond donors (Lipinski definition) is 3. The molecule has 0 unspecified atom stereocenters. The summed E-state index contributed by atoms with van der Waals surface area (Å²) >= 11 is 0. The van der Waals surface area contributed by atoms with E-state index in [4.69, 9.17) is 0 Å². The molecule has 0 aliphatic heterocycles. The van der Waals surface area contributed by atoms with Crippen LogP contribution in [0.1, 0.15) is 23.7 Å². The molecule has 0 aromatic carbocycles. The van der Waals surface area contributed by atoms with Gasteiger partial charge in [0.15, 0.2) is 5.82 Å². The number of nitrogens with one attached hydrogen (secondary N) is 3. The van der Waals surface area contributed by atoms with Gasteiger partial charge in [-0.15, -0.1) is 0 Å². The van der Waals surface area contributed by atoms with Gasteiger partial charge in [0, 0.05) is 30.2 Å². The van der Waals surface area contributed by atoms with Crippen molar-refractivity contribution >= 4 is 5.82 Å². The Balaban J connectivity index is 2.02. The fourth-order valence-corrected chi connectivity index (χ4v) is 1.60. The van der Waals surface area contributed by atoms with Crippen molar-refractivity contribution in [2.45, 2.75) is 26.8 Å². The fraction of sp³-hybridized carbons (Fsp3) is 0.364. The molecule has 4 nitrogen and oxygen atoms in total. The highest BCUT2D eigenvalue weighted by molar-refractivity contribution is 5.45. The third kappa shape index (κ3) is 2.03. The Morgan fingerprint density at radius 3 is 2.93 bits per heavy atom. The van der Waals surface area contributed by atoms with Crippen molar-refractivity contribution < 1.29 is 0 Å². The lowest BCUT2D eigenvalue weighted by molar-refractivity contribution is 0.965. The van der Waals surface area contributed by atoms with Crippen LogP contribution in [-0.2, 0) is 13.0 Å². The van der Waals surface area contributed by atoms with Crippen LogP contribution in [0.25, 0.3) is 0 Å². The first-order valence-corrected chi connectivity index (χ1v) is 5.20. The highest BCUT2D eigenvalue weighted by atomic mass is 15.2. The van der Waals surface area contributed by atoms with E-state index in [9.17, 15) is 0 Å². The minimum atomic E-state index is 0.804. The second-order valence-electron chi connectivity index (χ2n) is 3.60. The minimum absolute atomic E-state index is 0.804. The van der Waals surface area contributed by atoms with Crippen LogP contribution in [0.3, 0.4) is 0 Å². The second kappa shape index (κ2) is 4.21. The van der Waals surface area contributed by atoms with Crippen LogP contribution in [0.2, 0.25) is 0 Å². The van der Waals surface area contributed by atoms with Gasteiger partial charge in [0.25, 0.3) is 0 Å². The second-order valence-corrected chi connectivity index (χ2v) is 3.60. The SMILES string of the molecule is CCc1[nH]nc(NCc2cc[nH]c2)c1C. The molecule has 0 atom stereocenters. The summed E-state index contributed by atoms with van der Waals surface area (Å²) in [5.41, 5.74) is 3.65. The van der Waals surface area contributed by atoms with Crippen LogP contribution in [0.4, 0.5) is 5.82 Å². The van der Waals surface area contributed by atoms with Gasteiger partial charge in [-0.3, -0.25) is 5.10 Å². The van der Waals surface area contributed by atoms with Crippen molar-refractivity contribution in [1.29, 1.82) is 0 Å². The Labute approximate surface area is 89.1 Å². The summed E-state index contributed by atoms with van der Waals surface area (Å²) in [6.07, 6.45) is 4.90. The molecule has 3 N–H and O–H groups in total. The van der Waals surface area contributed by atoms with E-state index in [0.717, 1.165) is 18.8 Å². The Bertz CT molecular complexity index is 414. The van der Waals surface area contributed by atoms with Crippen LogP contribution < -0.4 is 5.32 Å². The summed E-state index contributed by atoms with van der Waals surface area (Å²) in [4.78, 5) is 3.03. The molecule has 0 amide bonds. The lowest BCUT2D eigenvalue weighted by Gasteiger charge is -2.02. The third-order valence-corrected chi connectivity index (χ3v) is 2.59. The van der Waals surface area contributed by atoms with Crippen LogP contribution in [0.15, 0.2) is 18.5 Å². The van der Waals surface area contributed by atoms with Crippen molar-refractivity contribution in [3.05, 3.63) is 35.3 Å². The molecule has 0 fully saturated rings. The van der Waals surface area contributed by atoms with E-state index in [1.54, 1.807) is 0 Å². The summed E-state index contributed by atoms with van der Waals surface area (Å²) in [6.45, 7) is 5.01. The lowest BCUT2D eigenvalue weighted by Crippen LogP contribution is -1.99. The number of rotatable bonds is 4. The molecule has 0 spiro atoms. The van der Waals surface area contributed by atoms with Crippen molar-refractivity contribution in [1.82, 2.24) is 15.2 Å². The number of hydrogen-bond acceptors (Lipinski definition) is 2. The van der Waals surface area contributed by atoms with E-state index >= 15 is 0 Å². The number of aromatic amines is 2. The number of H-pyrrole nitrogens is 2. The summed E-state index contributed by atoms with van der Waals surface area (Å²) < 4.78 is 0. The molecule has 80 valence electrons. The summed E-state index contributed by atoms with van der Waals surface area (Å²) in [5, 5.41) is 10.6. The lowest BCUT2D eigenvalue weighted by atomic mass is 10.2. The van der Waals surface area contributed by atoms with Crippen LogP contribution in [0.5, 0.6) is 0 Å². The molecule has 0 radical (unpaired) electrons. The largest absolute Gasteiger partial charge is 0.367 e. The van der Waals surface area contributed by atoms with E-state index in [0.29, 0.717) is 0 Å². The summed E-state index contributed by atoms with van der Waals surface area (Å²) in [5.74, 6) is 0.952. The molecule has 0 aliphatic carbocycles. The average molecular weight is 204 g/mol. The third-order valence-electron chi connectivity index (χ3n) is 2.59. The van der Waals surface area contributed by atoms with Gasteiger partial charge >= 0.3 is 0 Å². The molecular formula is C11H16N4. The molecular weight excluding hydrogens is 188 g/mol. The quantitative estimate of drug-likeness (QED) is 0.715. The van der Waals surface area contributed by atoms with E-state index in [1.165, 1.54) is 16.8 Å². The standard InChI is InChI=1S/C11H16N4/c1-3-10-8(2)11(15-14-10)13-7-9-4-5-12-6-9/h4-6,12H,3,7H2,1-2H3,(H2,13,14,15). The summed E-state index contributed by atoms with van der Waals surface area (Å²) in [7, 11) is 0. The molecule has 0 saturated carbocycles. The first-order chi connectivity index (χ1) is 7.31. The normalized spacial score (nSPS) is 10.5. The topological polar surface area (TPSA) is 56.5 Å². The molecule has 2 heterocycles. The first kappa shape index (κ1) is 9.83. The zero-order valence-electron chi connectivity index (χ0n) is 9.09. The van der Waals surface area contributed by atoms with Crippen molar-refractivity contribution in [3.8, 4) is 0 Å². The van der Waals surface area contributed by atoms with Gasteiger partial charge in [0.05, 0.1) is 0 Å². The molecule has 0 bridgehead atoms. The maximum Gasteiger partial charge on any atom is 0.151 e. The Hall–Kier alpha value is -1.71. The Kier molecular flexibility index (Phi) is 2.76. The number of aromatic nitrogens is 3. The average Bonchev–Trinajstić information content (AvgIpc) is 2.85. The number of aryl methyl sites for hydroxylation is 1. The Morgan fingerprint density at radius 1 is 1.47 bits per heavy atom. The smallest absolute Gasteiger partial charge is 0.151 e. The monoisotopic (exact) mass is 204 g/mol. The van der Waals surface area contributed by atoms with Crippen molar-refractivity contribution in [2.24, 2.45) is 0 Å². The van der Waals surface area contributed by atoms with Gasteiger partial charge in [-0.05, 0) is 25.0 Å². The first-order valence-electron chi connectivity index (χ1n) is 5.20. The molecule has 0 saturated heterocycles. The molecule has 2 aromatic rings. The van der Waals surface area contributed by atoms with Gasteiger partial charge in [-0.2, -0.15) is 5.10 Å². The highest BCUT2D eigenvalue weighted by Gasteiger charge is 2.06. The maximum absolute atomic E-state index is 4.24. The molecule has 4 heteroatoms. The van der Waals surface area contributed by atoms with Gasteiger partial charge in [0.2, 0.25) is 0 Å². The molecule has 0 aliphatic rings. The van der Waals surface area contributed by atoms with Crippen LogP contribution in [0, 0.1) is 6.92 Å². The molecule has 2 rings (SSSR count). The predicted molar refractivity (Wildman–Crippen MR) is 60.8 cm³/mol. The van der Waals surface area contributed by atoms with Gasteiger partial charge in [0.1, 0.15) is 0 Å². The van der Waals surface area contributed by atoms with E-state index in [2.05, 4.69) is 40.4 Å². The molecule has 2 aromatic heterocycles. The van der Waals surface area contributed by atoms with Gasteiger partial charge in [-0.25, -0.2) is 0 Å². The van der Waals surface area contributed by atoms with Crippen molar-refractivity contribution in [3.63, 3.8) is 0 Å². The van der Waals surface area contributed by atoms with Crippen LogP contribution in [-0.4, -0.2) is 15.2 Å². The zero-order valence-corrected chi connectivity index (χ0v) is 9.09. The Morgan fingerprint density at radius 2 is 2.33 bits per heavy atom. The van der Waals surface area contributed by atoms with E-state index < -0.39 is 0 Å². The number of nitrogens with zero attached hydrogens (tertiary/aromatic N) is 1. The number of anilines is 1. The van der Waals surface area contributed by atoms with Crippen LogP contribution >= 0.6 is 0 Å². The minimum Gasteiger partial charge on any atom is -0.367 e. The van der Waals surface area contributed by atoms with Gasteiger partial charge < -0.3 is 10.3 Å². The maximum atomic E-state index is 4.24. The highest BCUT2D eigenvalue weighted by Crippen LogP contribution is 2.16. The van der Waals surface area contributed by atoms with E-state index in [-0.39, 0.29) is 0 Å². The van der Waals surface area contributed by atoms with Gasteiger partial charge in [-0.1, -0.05) is 6.92 Å². The zero-order chi connectivity index (χ0) is 10.7. The predicted octanol–water partition coefficient (Wildman–Crippen LogP) is 2.22. The van der Waals surface area contributed by atoms with Crippen molar-refractivity contribution in [2.75, 3.05) is 5.32 Å². The fourth-order valence-electron chi connectivity index (χ4n) is 1.60. The molecule has 15 heavy (non-hydrogen) atoms.